The van der Waals surface area contributed by atoms with E-state index < -0.39 is 5.97 Å². The zero-order valence-corrected chi connectivity index (χ0v) is 11.8. The predicted octanol–water partition coefficient (Wildman–Crippen LogP) is 0.448. The zero-order valence-electron chi connectivity index (χ0n) is 11.8. The number of rotatable bonds is 10. The summed E-state index contributed by atoms with van der Waals surface area (Å²) in [5, 5.41) is 14.0. The summed E-state index contributed by atoms with van der Waals surface area (Å²) in [5.41, 5.74) is 0. The number of amides is 2. The number of ether oxygens (including phenoxy) is 2. The molecule has 7 nitrogen and oxygen atoms in total. The van der Waals surface area contributed by atoms with E-state index in [2.05, 4.69) is 10.6 Å². The van der Waals surface area contributed by atoms with Gasteiger partial charge in [0.1, 0.15) is 0 Å². The lowest BCUT2D eigenvalue weighted by Gasteiger charge is -2.15. The van der Waals surface area contributed by atoms with Crippen LogP contribution in [0.2, 0.25) is 0 Å². The Hall–Kier alpha value is -1.34. The van der Waals surface area contributed by atoms with E-state index in [1.165, 1.54) is 0 Å². The highest BCUT2D eigenvalue weighted by atomic mass is 16.5. The molecule has 0 fully saturated rings. The van der Waals surface area contributed by atoms with Gasteiger partial charge in [-0.1, -0.05) is 6.92 Å². The number of urea groups is 1. The van der Waals surface area contributed by atoms with Crippen LogP contribution in [0.3, 0.4) is 0 Å². The van der Waals surface area contributed by atoms with Gasteiger partial charge in [0.05, 0.1) is 18.6 Å². The molecule has 0 spiro atoms. The first-order valence-electron chi connectivity index (χ1n) is 6.27. The van der Waals surface area contributed by atoms with Gasteiger partial charge < -0.3 is 25.2 Å². The number of methoxy groups -OCH3 is 2. The van der Waals surface area contributed by atoms with E-state index in [1.54, 1.807) is 21.1 Å². The monoisotopic (exact) mass is 276 g/mol. The van der Waals surface area contributed by atoms with Crippen molar-refractivity contribution in [2.45, 2.75) is 25.9 Å². The van der Waals surface area contributed by atoms with E-state index in [1.807, 2.05) is 0 Å². The third-order valence-corrected chi connectivity index (χ3v) is 2.70. The molecule has 0 aliphatic carbocycles. The second-order valence-electron chi connectivity index (χ2n) is 4.33. The smallest absolute Gasteiger partial charge is 0.314 e. The average Bonchev–Trinajstić information content (AvgIpc) is 2.39. The Morgan fingerprint density at radius 2 is 1.95 bits per heavy atom. The number of nitrogens with one attached hydrogen (secondary N) is 2. The summed E-state index contributed by atoms with van der Waals surface area (Å²) in [6, 6.07) is -0.291. The SMILES string of the molecule is COCC(CNC(=O)NCCCC(C)C(=O)O)OC. The van der Waals surface area contributed by atoms with Crippen LogP contribution in [0, 0.1) is 5.92 Å². The molecule has 0 aliphatic heterocycles. The third-order valence-electron chi connectivity index (χ3n) is 2.70. The lowest BCUT2D eigenvalue weighted by atomic mass is 10.1. The first-order chi connectivity index (χ1) is 9.01. The fraction of sp³-hybridized carbons (Fsp3) is 0.833. The lowest BCUT2D eigenvalue weighted by Crippen LogP contribution is -2.41. The van der Waals surface area contributed by atoms with Gasteiger partial charge in [0.15, 0.2) is 0 Å². The molecule has 0 radical (unpaired) electrons. The van der Waals surface area contributed by atoms with Gasteiger partial charge in [-0.05, 0) is 12.8 Å². The van der Waals surface area contributed by atoms with Crippen LogP contribution in [-0.2, 0) is 14.3 Å². The predicted molar refractivity (Wildman–Crippen MR) is 70.1 cm³/mol. The summed E-state index contributed by atoms with van der Waals surface area (Å²) in [7, 11) is 3.12. The molecule has 19 heavy (non-hydrogen) atoms. The first kappa shape index (κ1) is 17.7. The van der Waals surface area contributed by atoms with Gasteiger partial charge in [-0.2, -0.15) is 0 Å². The molecule has 0 saturated heterocycles. The van der Waals surface area contributed by atoms with Gasteiger partial charge in [-0.15, -0.1) is 0 Å². The number of hydrogen-bond acceptors (Lipinski definition) is 4. The maximum absolute atomic E-state index is 11.4. The Balaban J connectivity index is 3.61. The van der Waals surface area contributed by atoms with Gasteiger partial charge in [0.2, 0.25) is 0 Å². The van der Waals surface area contributed by atoms with Crippen LogP contribution < -0.4 is 10.6 Å². The highest BCUT2D eigenvalue weighted by Crippen LogP contribution is 2.03. The van der Waals surface area contributed by atoms with Crippen molar-refractivity contribution >= 4 is 12.0 Å². The summed E-state index contributed by atoms with van der Waals surface area (Å²) in [6.07, 6.45) is 0.995. The van der Waals surface area contributed by atoms with E-state index in [9.17, 15) is 9.59 Å². The van der Waals surface area contributed by atoms with Crippen molar-refractivity contribution in [2.24, 2.45) is 5.92 Å². The Morgan fingerprint density at radius 1 is 1.26 bits per heavy atom. The third kappa shape index (κ3) is 9.26. The number of carbonyl (C=O) groups is 2. The van der Waals surface area contributed by atoms with Crippen LogP contribution in [0.25, 0.3) is 0 Å². The fourth-order valence-electron chi connectivity index (χ4n) is 1.40. The average molecular weight is 276 g/mol. The fourth-order valence-corrected chi connectivity index (χ4v) is 1.40. The van der Waals surface area contributed by atoms with Crippen molar-refractivity contribution in [3.05, 3.63) is 0 Å². The standard InChI is InChI=1S/C12H24N2O5/c1-9(11(15)16)5-4-6-13-12(17)14-7-10(19-3)8-18-2/h9-10H,4-8H2,1-3H3,(H,15,16)(H2,13,14,17). The molecule has 0 aromatic rings. The minimum Gasteiger partial charge on any atom is -0.481 e. The molecule has 0 saturated carbocycles. The number of carboxylic acids is 1. The Bertz CT molecular complexity index is 273. The number of hydrogen-bond donors (Lipinski definition) is 3. The summed E-state index contributed by atoms with van der Waals surface area (Å²) in [6.45, 7) is 2.87. The molecular formula is C12H24N2O5. The van der Waals surface area contributed by atoms with Crippen molar-refractivity contribution in [2.75, 3.05) is 33.9 Å². The van der Waals surface area contributed by atoms with Crippen molar-refractivity contribution in [3.8, 4) is 0 Å². The molecule has 3 N–H and O–H groups in total. The quantitative estimate of drug-likeness (QED) is 0.503. The van der Waals surface area contributed by atoms with Crippen LogP contribution in [0.15, 0.2) is 0 Å². The molecule has 7 heteroatoms. The van der Waals surface area contributed by atoms with E-state index in [-0.39, 0.29) is 18.1 Å². The van der Waals surface area contributed by atoms with Crippen LogP contribution in [0.5, 0.6) is 0 Å². The van der Waals surface area contributed by atoms with Crippen LogP contribution in [0.1, 0.15) is 19.8 Å². The largest absolute Gasteiger partial charge is 0.481 e. The first-order valence-corrected chi connectivity index (χ1v) is 6.27. The molecule has 2 atom stereocenters. The number of carboxylic acid groups (broad SMARTS) is 1. The highest BCUT2D eigenvalue weighted by Gasteiger charge is 2.11. The minimum absolute atomic E-state index is 0.178. The summed E-state index contributed by atoms with van der Waals surface area (Å²) >= 11 is 0. The molecule has 112 valence electrons. The highest BCUT2D eigenvalue weighted by molar-refractivity contribution is 5.73. The summed E-state index contributed by atoms with van der Waals surface area (Å²) in [5.74, 6) is -1.20. The van der Waals surface area contributed by atoms with E-state index in [0.717, 1.165) is 0 Å². The van der Waals surface area contributed by atoms with Gasteiger partial charge in [0.25, 0.3) is 0 Å². The molecule has 0 heterocycles. The molecular weight excluding hydrogens is 252 g/mol. The molecule has 2 amide bonds. The van der Waals surface area contributed by atoms with Crippen LogP contribution in [0.4, 0.5) is 4.79 Å². The Labute approximate surface area is 113 Å². The molecule has 2 unspecified atom stereocenters. The molecule has 0 aromatic heterocycles. The maximum Gasteiger partial charge on any atom is 0.314 e. The lowest BCUT2D eigenvalue weighted by molar-refractivity contribution is -0.141. The molecule has 0 aliphatic rings. The van der Waals surface area contributed by atoms with Crippen molar-refractivity contribution < 1.29 is 24.2 Å². The van der Waals surface area contributed by atoms with E-state index in [4.69, 9.17) is 14.6 Å². The second-order valence-corrected chi connectivity index (χ2v) is 4.33. The van der Waals surface area contributed by atoms with E-state index >= 15 is 0 Å². The molecule has 0 aromatic carbocycles. The van der Waals surface area contributed by atoms with Gasteiger partial charge in [0, 0.05) is 27.3 Å². The van der Waals surface area contributed by atoms with Crippen LogP contribution >= 0.6 is 0 Å². The topological polar surface area (TPSA) is 96.9 Å². The van der Waals surface area contributed by atoms with Gasteiger partial charge >= 0.3 is 12.0 Å². The van der Waals surface area contributed by atoms with E-state index in [0.29, 0.717) is 32.5 Å². The van der Waals surface area contributed by atoms with Gasteiger partial charge in [-0.3, -0.25) is 4.79 Å². The number of carbonyl (C=O) groups excluding carboxylic acids is 1. The zero-order chi connectivity index (χ0) is 14.7. The molecule has 0 rings (SSSR count). The summed E-state index contributed by atoms with van der Waals surface area (Å²) < 4.78 is 10.0. The van der Waals surface area contributed by atoms with Crippen molar-refractivity contribution in [3.63, 3.8) is 0 Å². The Morgan fingerprint density at radius 3 is 2.47 bits per heavy atom. The second kappa shape index (κ2) is 10.6. The van der Waals surface area contributed by atoms with Crippen molar-refractivity contribution in [1.82, 2.24) is 10.6 Å². The van der Waals surface area contributed by atoms with Gasteiger partial charge in [-0.25, -0.2) is 4.79 Å². The maximum atomic E-state index is 11.4. The minimum atomic E-state index is -0.813. The number of aliphatic carboxylic acids is 1. The summed E-state index contributed by atoms with van der Waals surface area (Å²) in [4.78, 5) is 22.0. The normalized spacial score (nSPS) is 13.6. The van der Waals surface area contributed by atoms with Crippen molar-refractivity contribution in [1.29, 1.82) is 0 Å². The van der Waals surface area contributed by atoms with Crippen LogP contribution in [-0.4, -0.2) is 57.1 Å². The Kier molecular flexibility index (Phi) is 9.82. The molecule has 0 bridgehead atoms.